The number of nitrogens with one attached hydrogen (secondary N) is 1. The average molecular weight is 268 g/mol. The molecule has 0 saturated carbocycles. The highest BCUT2D eigenvalue weighted by atomic mass is 32.1. The van der Waals surface area contributed by atoms with Gasteiger partial charge in [-0.2, -0.15) is 11.3 Å². The topological polar surface area (TPSA) is 15.3 Å². The Bertz CT molecular complexity index is 304. The summed E-state index contributed by atoms with van der Waals surface area (Å²) in [5.74, 6) is 0. The van der Waals surface area contributed by atoms with Crippen molar-refractivity contribution in [1.82, 2.24) is 10.2 Å². The van der Waals surface area contributed by atoms with Crippen molar-refractivity contribution in [2.75, 3.05) is 26.7 Å². The monoisotopic (exact) mass is 268 g/mol. The van der Waals surface area contributed by atoms with Crippen LogP contribution in [0.3, 0.4) is 0 Å². The van der Waals surface area contributed by atoms with E-state index in [-0.39, 0.29) is 0 Å². The normalized spacial score (nSPS) is 12.3. The highest BCUT2D eigenvalue weighted by Gasteiger charge is 2.27. The Kier molecular flexibility index (Phi) is 6.90. The number of rotatable bonds is 9. The van der Waals surface area contributed by atoms with Crippen molar-refractivity contribution in [2.24, 2.45) is 5.41 Å². The summed E-state index contributed by atoms with van der Waals surface area (Å²) in [5, 5.41) is 7.94. The van der Waals surface area contributed by atoms with E-state index in [1.807, 2.05) is 0 Å². The fraction of sp³-hybridized carbons (Fsp3) is 0.733. The number of nitrogens with zero attached hydrogens (tertiary/aromatic N) is 1. The van der Waals surface area contributed by atoms with E-state index in [1.54, 1.807) is 11.3 Å². The molecule has 0 spiro atoms. The maximum absolute atomic E-state index is 3.53. The van der Waals surface area contributed by atoms with Crippen LogP contribution in [0.1, 0.15) is 39.2 Å². The molecule has 1 aromatic heterocycles. The van der Waals surface area contributed by atoms with E-state index in [1.165, 1.54) is 24.9 Å². The first-order valence-corrected chi connectivity index (χ1v) is 8.00. The Labute approximate surface area is 116 Å². The van der Waals surface area contributed by atoms with Gasteiger partial charge in [0.25, 0.3) is 0 Å². The predicted molar refractivity (Wildman–Crippen MR) is 82.2 cm³/mol. The summed E-state index contributed by atoms with van der Waals surface area (Å²) >= 11 is 1.79. The molecule has 0 aliphatic carbocycles. The lowest BCUT2D eigenvalue weighted by Gasteiger charge is -2.36. The Balaban J connectivity index is 2.53. The molecule has 104 valence electrons. The molecule has 0 aliphatic rings. The summed E-state index contributed by atoms with van der Waals surface area (Å²) < 4.78 is 0. The lowest BCUT2D eigenvalue weighted by Crippen LogP contribution is -2.42. The number of hydrogen-bond donors (Lipinski definition) is 1. The van der Waals surface area contributed by atoms with Gasteiger partial charge < -0.3 is 10.2 Å². The summed E-state index contributed by atoms with van der Waals surface area (Å²) in [6.07, 6.45) is 2.48. The third-order valence-corrected chi connectivity index (χ3v) is 4.62. The maximum atomic E-state index is 3.53. The van der Waals surface area contributed by atoms with Crippen LogP contribution in [-0.4, -0.2) is 31.6 Å². The second-order valence-corrected chi connectivity index (χ2v) is 6.07. The fourth-order valence-corrected chi connectivity index (χ4v) is 3.15. The third kappa shape index (κ3) is 4.71. The van der Waals surface area contributed by atoms with Crippen LogP contribution in [-0.2, 0) is 6.54 Å². The first-order chi connectivity index (χ1) is 8.65. The highest BCUT2D eigenvalue weighted by Crippen LogP contribution is 2.27. The number of hydrogen-bond acceptors (Lipinski definition) is 3. The van der Waals surface area contributed by atoms with E-state index >= 15 is 0 Å². The van der Waals surface area contributed by atoms with Gasteiger partial charge in [0.05, 0.1) is 0 Å². The van der Waals surface area contributed by atoms with Gasteiger partial charge in [-0.05, 0) is 54.2 Å². The van der Waals surface area contributed by atoms with Crippen LogP contribution in [0.15, 0.2) is 16.8 Å². The summed E-state index contributed by atoms with van der Waals surface area (Å²) in [4.78, 5) is 2.46. The van der Waals surface area contributed by atoms with E-state index in [9.17, 15) is 0 Å². The zero-order chi connectivity index (χ0) is 13.4. The van der Waals surface area contributed by atoms with Crippen LogP contribution < -0.4 is 5.32 Å². The van der Waals surface area contributed by atoms with Crippen LogP contribution in [0.5, 0.6) is 0 Å². The largest absolute Gasteiger partial charge is 0.316 e. The van der Waals surface area contributed by atoms with Crippen molar-refractivity contribution >= 4 is 11.3 Å². The van der Waals surface area contributed by atoms with Gasteiger partial charge in [-0.25, -0.2) is 0 Å². The quantitative estimate of drug-likeness (QED) is 0.736. The Hall–Kier alpha value is -0.380. The molecule has 0 unspecified atom stereocenters. The molecule has 0 saturated heterocycles. The standard InChI is InChI=1S/C15H28N2S/c1-5-15(6-2,12-16-7-3)13-17(4)10-14-8-9-18-11-14/h8-9,11,16H,5-7,10,12-13H2,1-4H3. The van der Waals surface area contributed by atoms with E-state index in [2.05, 4.69) is 54.9 Å². The van der Waals surface area contributed by atoms with Crippen molar-refractivity contribution < 1.29 is 0 Å². The fourth-order valence-electron chi connectivity index (χ4n) is 2.49. The summed E-state index contributed by atoms with van der Waals surface area (Å²) in [5.41, 5.74) is 1.85. The predicted octanol–water partition coefficient (Wildman–Crippen LogP) is 3.60. The highest BCUT2D eigenvalue weighted by molar-refractivity contribution is 7.07. The van der Waals surface area contributed by atoms with Gasteiger partial charge >= 0.3 is 0 Å². The van der Waals surface area contributed by atoms with Gasteiger partial charge in [0.2, 0.25) is 0 Å². The molecule has 1 heterocycles. The van der Waals surface area contributed by atoms with Gasteiger partial charge in [0.1, 0.15) is 0 Å². The van der Waals surface area contributed by atoms with E-state index in [0.717, 1.165) is 19.6 Å². The Morgan fingerprint density at radius 3 is 2.50 bits per heavy atom. The molecule has 1 N–H and O–H groups in total. The van der Waals surface area contributed by atoms with Crippen molar-refractivity contribution in [3.05, 3.63) is 22.4 Å². The van der Waals surface area contributed by atoms with Gasteiger partial charge in [-0.3, -0.25) is 0 Å². The van der Waals surface area contributed by atoms with Crippen LogP contribution in [0, 0.1) is 5.41 Å². The van der Waals surface area contributed by atoms with Gasteiger partial charge in [-0.1, -0.05) is 20.8 Å². The smallest absolute Gasteiger partial charge is 0.0239 e. The van der Waals surface area contributed by atoms with Crippen molar-refractivity contribution in [2.45, 2.75) is 40.2 Å². The van der Waals surface area contributed by atoms with Gasteiger partial charge in [-0.15, -0.1) is 0 Å². The molecule has 18 heavy (non-hydrogen) atoms. The van der Waals surface area contributed by atoms with Gasteiger partial charge in [0, 0.05) is 19.6 Å². The molecular weight excluding hydrogens is 240 g/mol. The minimum absolute atomic E-state index is 0.417. The second-order valence-electron chi connectivity index (χ2n) is 5.29. The molecule has 1 rings (SSSR count). The number of thiophene rings is 1. The first kappa shape index (κ1) is 15.7. The minimum atomic E-state index is 0.417. The summed E-state index contributed by atoms with van der Waals surface area (Å²) in [6.45, 7) is 11.3. The SMILES string of the molecule is CCNCC(CC)(CC)CN(C)Cc1ccsc1. The molecule has 0 aliphatic heterocycles. The Morgan fingerprint density at radius 1 is 1.28 bits per heavy atom. The molecule has 1 aromatic rings. The van der Waals surface area contributed by atoms with E-state index < -0.39 is 0 Å². The molecule has 3 heteroatoms. The molecule has 0 aromatic carbocycles. The van der Waals surface area contributed by atoms with E-state index in [0.29, 0.717) is 5.41 Å². The van der Waals surface area contributed by atoms with Crippen LogP contribution in [0.25, 0.3) is 0 Å². The van der Waals surface area contributed by atoms with Gasteiger partial charge in [0.15, 0.2) is 0 Å². The molecule has 0 radical (unpaired) electrons. The molecule has 0 atom stereocenters. The molecule has 0 amide bonds. The first-order valence-electron chi connectivity index (χ1n) is 7.06. The molecule has 0 fully saturated rings. The average Bonchev–Trinajstić information content (AvgIpc) is 2.87. The molecule has 2 nitrogen and oxygen atoms in total. The lowest BCUT2D eigenvalue weighted by atomic mass is 9.81. The zero-order valence-corrected chi connectivity index (χ0v) is 13.1. The summed E-state index contributed by atoms with van der Waals surface area (Å²) in [7, 11) is 2.24. The maximum Gasteiger partial charge on any atom is 0.0239 e. The van der Waals surface area contributed by atoms with Crippen LogP contribution in [0.4, 0.5) is 0 Å². The summed E-state index contributed by atoms with van der Waals surface area (Å²) in [6, 6.07) is 2.23. The van der Waals surface area contributed by atoms with Crippen molar-refractivity contribution in [1.29, 1.82) is 0 Å². The van der Waals surface area contributed by atoms with Crippen LogP contribution >= 0.6 is 11.3 Å². The van der Waals surface area contributed by atoms with Crippen molar-refractivity contribution in [3.63, 3.8) is 0 Å². The van der Waals surface area contributed by atoms with Crippen molar-refractivity contribution in [3.8, 4) is 0 Å². The minimum Gasteiger partial charge on any atom is -0.316 e. The Morgan fingerprint density at radius 2 is 2.00 bits per heavy atom. The van der Waals surface area contributed by atoms with Crippen LogP contribution in [0.2, 0.25) is 0 Å². The zero-order valence-electron chi connectivity index (χ0n) is 12.3. The lowest BCUT2D eigenvalue weighted by molar-refractivity contribution is 0.151. The molecular formula is C15H28N2S. The molecule has 0 bridgehead atoms. The van der Waals surface area contributed by atoms with E-state index in [4.69, 9.17) is 0 Å². The second kappa shape index (κ2) is 7.93. The third-order valence-electron chi connectivity index (χ3n) is 3.89.